The minimum absolute atomic E-state index is 0. The molecule has 2 atom stereocenters. The monoisotopic (exact) mass is 374 g/mol. The number of hydrogen-bond acceptors (Lipinski definition) is 0. The van der Waals surface area contributed by atoms with Crippen molar-refractivity contribution in [1.29, 1.82) is 0 Å². The molecule has 0 N–H and O–H groups in total. The molecule has 0 aromatic carbocycles. The molecule has 23 heavy (non-hydrogen) atoms. The standard InChI is InChI=1S/2C11H23.Zn/c2*1-4-6-7-8-9-10-11(3)5-2;/h2*11H,3-10H2,1-2H3;/q2*-1;+2. The molecule has 0 spiro atoms. The molecule has 0 aliphatic carbocycles. The van der Waals surface area contributed by atoms with Crippen LogP contribution in [0.3, 0.4) is 0 Å². The predicted octanol–water partition coefficient (Wildman–Crippen LogP) is 8.41. The van der Waals surface area contributed by atoms with Crippen LogP contribution >= 0.6 is 0 Å². The molecule has 2 unspecified atom stereocenters. The van der Waals surface area contributed by atoms with Gasteiger partial charge in [0.25, 0.3) is 0 Å². The molecular formula is C22H46Zn. The molecule has 0 saturated heterocycles. The summed E-state index contributed by atoms with van der Waals surface area (Å²) in [6.45, 7) is 17.1. The Kier molecular flexibility index (Phi) is 30.7. The van der Waals surface area contributed by atoms with Crippen molar-refractivity contribution < 1.29 is 19.5 Å². The number of hydrogen-bond donors (Lipinski definition) is 0. The summed E-state index contributed by atoms with van der Waals surface area (Å²) in [5, 5.41) is 0. The third-order valence-corrected chi connectivity index (χ3v) is 4.59. The van der Waals surface area contributed by atoms with E-state index in [0.29, 0.717) is 11.8 Å². The molecular weight excluding hydrogens is 330 g/mol. The molecule has 0 aromatic heterocycles. The van der Waals surface area contributed by atoms with E-state index in [1.54, 1.807) is 0 Å². The van der Waals surface area contributed by atoms with E-state index in [0.717, 1.165) is 0 Å². The zero-order chi connectivity index (χ0) is 17.1. The van der Waals surface area contributed by atoms with Crippen LogP contribution in [0, 0.1) is 25.7 Å². The van der Waals surface area contributed by atoms with E-state index in [1.807, 2.05) is 0 Å². The van der Waals surface area contributed by atoms with E-state index in [-0.39, 0.29) is 19.5 Å². The molecule has 0 saturated carbocycles. The van der Waals surface area contributed by atoms with Crippen molar-refractivity contribution in [2.24, 2.45) is 11.8 Å². The van der Waals surface area contributed by atoms with Crippen LogP contribution in [-0.4, -0.2) is 0 Å². The molecule has 0 fully saturated rings. The largest absolute Gasteiger partial charge is 2.00 e. The first-order valence-electron chi connectivity index (χ1n) is 10.3. The first-order chi connectivity index (χ1) is 10.6. The summed E-state index contributed by atoms with van der Waals surface area (Å²) in [5.41, 5.74) is 0. The predicted molar refractivity (Wildman–Crippen MR) is 105 cm³/mol. The average molecular weight is 376 g/mol. The number of unbranched alkanes of at least 4 members (excludes halogenated alkanes) is 8. The van der Waals surface area contributed by atoms with Crippen LogP contribution in [0.5, 0.6) is 0 Å². The van der Waals surface area contributed by atoms with Gasteiger partial charge >= 0.3 is 19.5 Å². The van der Waals surface area contributed by atoms with Crippen molar-refractivity contribution in [3.63, 3.8) is 0 Å². The topological polar surface area (TPSA) is 0 Å². The minimum atomic E-state index is 0. The Morgan fingerprint density at radius 3 is 1.09 bits per heavy atom. The summed E-state index contributed by atoms with van der Waals surface area (Å²) in [6, 6.07) is 0. The van der Waals surface area contributed by atoms with Crippen LogP contribution in [0.4, 0.5) is 0 Å². The van der Waals surface area contributed by atoms with Gasteiger partial charge in [-0.2, -0.15) is 11.8 Å². The van der Waals surface area contributed by atoms with Gasteiger partial charge in [0.15, 0.2) is 0 Å². The zero-order valence-corrected chi connectivity index (χ0v) is 20.1. The quantitative estimate of drug-likeness (QED) is 0.162. The van der Waals surface area contributed by atoms with Gasteiger partial charge in [-0.05, 0) is 0 Å². The van der Waals surface area contributed by atoms with Gasteiger partial charge in [-0.25, -0.2) is 0 Å². The first kappa shape index (κ1) is 28.4. The zero-order valence-electron chi connectivity index (χ0n) is 17.2. The van der Waals surface area contributed by atoms with Crippen molar-refractivity contribution in [1.82, 2.24) is 0 Å². The van der Waals surface area contributed by atoms with Gasteiger partial charge in [0.2, 0.25) is 0 Å². The van der Waals surface area contributed by atoms with Gasteiger partial charge < -0.3 is 13.8 Å². The molecule has 1 heteroatoms. The fraction of sp³-hybridized carbons (Fsp3) is 0.909. The van der Waals surface area contributed by atoms with E-state index in [9.17, 15) is 0 Å². The average Bonchev–Trinajstić information content (AvgIpc) is 2.54. The summed E-state index contributed by atoms with van der Waals surface area (Å²) < 4.78 is 0. The van der Waals surface area contributed by atoms with E-state index in [4.69, 9.17) is 0 Å². The Morgan fingerprint density at radius 1 is 0.522 bits per heavy atom. The molecule has 0 heterocycles. The SMILES string of the molecule is [CH2-]C(CC)CCCCCCC.[CH2-]C(CC)CCCCCCC.[Zn+2]. The number of rotatable bonds is 14. The summed E-state index contributed by atoms with van der Waals surface area (Å²) in [6.07, 6.45) is 19.1. The summed E-state index contributed by atoms with van der Waals surface area (Å²) >= 11 is 0. The van der Waals surface area contributed by atoms with Gasteiger partial charge in [-0.1, -0.05) is 118 Å². The maximum Gasteiger partial charge on any atom is 2.00 e. The molecule has 0 rings (SSSR count). The van der Waals surface area contributed by atoms with E-state index in [2.05, 4.69) is 41.5 Å². The van der Waals surface area contributed by atoms with Crippen molar-refractivity contribution in [2.75, 3.05) is 0 Å². The Morgan fingerprint density at radius 2 is 0.826 bits per heavy atom. The molecule has 0 radical (unpaired) electrons. The minimum Gasteiger partial charge on any atom is -0.340 e. The van der Waals surface area contributed by atoms with Crippen molar-refractivity contribution in [3.8, 4) is 0 Å². The molecule has 0 aromatic rings. The maximum absolute atomic E-state index is 4.07. The third kappa shape index (κ3) is 27.7. The van der Waals surface area contributed by atoms with Crippen LogP contribution in [-0.2, 0) is 19.5 Å². The summed E-state index contributed by atoms with van der Waals surface area (Å²) in [7, 11) is 0. The molecule has 136 valence electrons. The normalized spacial score (nSPS) is 12.8. The van der Waals surface area contributed by atoms with Crippen molar-refractivity contribution >= 4 is 0 Å². The summed E-state index contributed by atoms with van der Waals surface area (Å²) in [5.74, 6) is 1.41. The molecule has 0 amide bonds. The van der Waals surface area contributed by atoms with Crippen LogP contribution in [0.25, 0.3) is 0 Å². The molecule has 0 nitrogen and oxygen atoms in total. The van der Waals surface area contributed by atoms with Gasteiger partial charge in [0.1, 0.15) is 0 Å². The molecule has 0 aliphatic rings. The Bertz CT molecular complexity index is 159. The van der Waals surface area contributed by atoms with Crippen LogP contribution in [0.15, 0.2) is 0 Å². The Hall–Kier alpha value is 0.623. The Labute approximate surface area is 162 Å². The smallest absolute Gasteiger partial charge is 0.340 e. The Balaban J connectivity index is -0.000000333. The third-order valence-electron chi connectivity index (χ3n) is 4.59. The molecule has 0 aliphatic heterocycles. The first-order valence-corrected chi connectivity index (χ1v) is 10.3. The second kappa shape index (κ2) is 24.9. The van der Waals surface area contributed by atoms with Crippen LogP contribution < -0.4 is 0 Å². The fourth-order valence-electron chi connectivity index (χ4n) is 2.48. The van der Waals surface area contributed by atoms with Crippen LogP contribution in [0.1, 0.15) is 118 Å². The summed E-state index contributed by atoms with van der Waals surface area (Å²) in [4.78, 5) is 0. The second-order valence-corrected chi connectivity index (χ2v) is 6.95. The van der Waals surface area contributed by atoms with Crippen molar-refractivity contribution in [2.45, 2.75) is 118 Å². The van der Waals surface area contributed by atoms with Gasteiger partial charge in [0.05, 0.1) is 0 Å². The van der Waals surface area contributed by atoms with Crippen molar-refractivity contribution in [3.05, 3.63) is 13.8 Å². The van der Waals surface area contributed by atoms with E-state index >= 15 is 0 Å². The van der Waals surface area contributed by atoms with Crippen LogP contribution in [0.2, 0.25) is 0 Å². The fourth-order valence-corrected chi connectivity index (χ4v) is 2.48. The van der Waals surface area contributed by atoms with E-state index in [1.165, 1.54) is 89.9 Å². The van der Waals surface area contributed by atoms with Gasteiger partial charge in [-0.15, -0.1) is 0 Å². The van der Waals surface area contributed by atoms with Gasteiger partial charge in [-0.3, -0.25) is 0 Å². The maximum atomic E-state index is 4.07. The van der Waals surface area contributed by atoms with Gasteiger partial charge in [0, 0.05) is 0 Å². The molecule has 0 bridgehead atoms. The second-order valence-electron chi connectivity index (χ2n) is 6.95. The van der Waals surface area contributed by atoms with E-state index < -0.39 is 0 Å².